The Balaban J connectivity index is 3.06. The van der Waals surface area contributed by atoms with E-state index in [9.17, 15) is 4.79 Å². The molecule has 0 aliphatic rings. The van der Waals surface area contributed by atoms with Crippen LogP contribution in [0.3, 0.4) is 0 Å². The van der Waals surface area contributed by atoms with Gasteiger partial charge in [0.05, 0.1) is 4.83 Å². The molecule has 1 nitrogen and oxygen atoms in total. The largest absolute Gasteiger partial charge is 0.293 e. The second-order valence-electron chi connectivity index (χ2n) is 3.14. The van der Waals surface area contributed by atoms with Gasteiger partial charge in [0, 0.05) is 9.13 Å². The Morgan fingerprint density at radius 2 is 2.21 bits per heavy atom. The van der Waals surface area contributed by atoms with Crippen molar-refractivity contribution in [2.24, 2.45) is 0 Å². The quantitative estimate of drug-likeness (QED) is 0.451. The standard InChI is InChI=1S/C11H12BrIO/c1-3-8-6-9(4-5-10(8)13)11(14)7(2)12/h4-7H,3H2,1-2H3. The van der Waals surface area contributed by atoms with Crippen molar-refractivity contribution in [2.75, 3.05) is 0 Å². The van der Waals surface area contributed by atoms with Crippen molar-refractivity contribution in [3.05, 3.63) is 32.9 Å². The first-order chi connectivity index (χ1) is 6.56. The molecule has 1 unspecified atom stereocenters. The number of carbonyl (C=O) groups excluding carboxylic acids is 1. The number of halogens is 2. The summed E-state index contributed by atoms with van der Waals surface area (Å²) in [5.41, 5.74) is 2.04. The van der Waals surface area contributed by atoms with E-state index in [2.05, 4.69) is 45.4 Å². The lowest BCUT2D eigenvalue weighted by atomic mass is 10.0. The molecule has 0 aliphatic heterocycles. The highest BCUT2D eigenvalue weighted by Crippen LogP contribution is 2.17. The van der Waals surface area contributed by atoms with Gasteiger partial charge in [0.25, 0.3) is 0 Å². The molecule has 0 N–H and O–H groups in total. The van der Waals surface area contributed by atoms with Gasteiger partial charge in [-0.05, 0) is 53.6 Å². The van der Waals surface area contributed by atoms with Crippen molar-refractivity contribution >= 4 is 44.3 Å². The average Bonchev–Trinajstić information content (AvgIpc) is 2.17. The zero-order valence-electron chi connectivity index (χ0n) is 8.18. The Hall–Kier alpha value is 0.100. The molecule has 1 atom stereocenters. The maximum atomic E-state index is 11.7. The molecule has 0 aliphatic carbocycles. The lowest BCUT2D eigenvalue weighted by molar-refractivity contribution is 0.0995. The molecular weight excluding hydrogens is 355 g/mol. The molecule has 76 valence electrons. The van der Waals surface area contributed by atoms with Crippen LogP contribution in [-0.2, 0) is 6.42 Å². The van der Waals surface area contributed by atoms with Gasteiger partial charge >= 0.3 is 0 Å². The number of Topliss-reactive ketones (excluding diaryl/α,β-unsaturated/α-hetero) is 1. The number of ketones is 1. The third-order valence-corrected chi connectivity index (χ3v) is 3.54. The summed E-state index contributed by atoms with van der Waals surface area (Å²) in [6, 6.07) is 5.88. The molecule has 3 heteroatoms. The predicted molar refractivity (Wildman–Crippen MR) is 71.3 cm³/mol. The molecule has 0 radical (unpaired) electrons. The van der Waals surface area contributed by atoms with E-state index in [0.717, 1.165) is 12.0 Å². The lowest BCUT2D eigenvalue weighted by Gasteiger charge is -2.06. The normalized spacial score (nSPS) is 12.6. The maximum Gasteiger partial charge on any atom is 0.176 e. The fourth-order valence-corrected chi connectivity index (χ4v) is 2.21. The van der Waals surface area contributed by atoms with Gasteiger partial charge in [0.15, 0.2) is 5.78 Å². The Labute approximate surface area is 107 Å². The van der Waals surface area contributed by atoms with Crippen LogP contribution in [0.4, 0.5) is 0 Å². The van der Waals surface area contributed by atoms with Gasteiger partial charge in [-0.25, -0.2) is 0 Å². The van der Waals surface area contributed by atoms with Crippen molar-refractivity contribution in [2.45, 2.75) is 25.1 Å². The van der Waals surface area contributed by atoms with Crippen LogP contribution in [0.25, 0.3) is 0 Å². The average molecular weight is 367 g/mol. The molecule has 1 aromatic carbocycles. The van der Waals surface area contributed by atoms with E-state index < -0.39 is 0 Å². The summed E-state index contributed by atoms with van der Waals surface area (Å²) in [5, 5.41) is 0. The molecule has 0 amide bonds. The molecule has 0 bridgehead atoms. The van der Waals surface area contributed by atoms with E-state index in [1.807, 2.05) is 25.1 Å². The van der Waals surface area contributed by atoms with Crippen molar-refractivity contribution in [1.29, 1.82) is 0 Å². The predicted octanol–water partition coefficient (Wildman–Crippen LogP) is 3.82. The fourth-order valence-electron chi connectivity index (χ4n) is 1.23. The molecule has 1 aromatic rings. The Morgan fingerprint density at radius 3 is 2.71 bits per heavy atom. The Kier molecular flexibility index (Phi) is 4.57. The van der Waals surface area contributed by atoms with E-state index in [1.165, 1.54) is 9.13 Å². The van der Waals surface area contributed by atoms with Gasteiger partial charge < -0.3 is 0 Å². The first-order valence-electron chi connectivity index (χ1n) is 4.53. The fraction of sp³-hybridized carbons (Fsp3) is 0.364. The summed E-state index contributed by atoms with van der Waals surface area (Å²) in [5.74, 6) is 0.149. The number of aryl methyl sites for hydroxylation is 1. The van der Waals surface area contributed by atoms with Gasteiger partial charge in [-0.1, -0.05) is 28.9 Å². The summed E-state index contributed by atoms with van der Waals surface area (Å²) in [6.45, 7) is 3.95. The van der Waals surface area contributed by atoms with Crippen LogP contribution in [0.15, 0.2) is 18.2 Å². The highest BCUT2D eigenvalue weighted by atomic mass is 127. The maximum absolute atomic E-state index is 11.7. The first-order valence-corrected chi connectivity index (χ1v) is 6.52. The number of alkyl halides is 1. The summed E-state index contributed by atoms with van der Waals surface area (Å²) in [4.78, 5) is 11.6. The number of hydrogen-bond donors (Lipinski definition) is 0. The summed E-state index contributed by atoms with van der Waals surface area (Å²) in [7, 11) is 0. The number of hydrogen-bond acceptors (Lipinski definition) is 1. The number of carbonyl (C=O) groups is 1. The highest BCUT2D eigenvalue weighted by Gasteiger charge is 2.12. The van der Waals surface area contributed by atoms with Crippen molar-refractivity contribution in [3.8, 4) is 0 Å². The molecule has 0 saturated heterocycles. The molecule has 0 heterocycles. The van der Waals surface area contributed by atoms with Crippen molar-refractivity contribution in [1.82, 2.24) is 0 Å². The molecule has 1 rings (SSSR count). The minimum Gasteiger partial charge on any atom is -0.293 e. The summed E-state index contributed by atoms with van der Waals surface area (Å²) >= 11 is 5.58. The molecule has 0 aromatic heterocycles. The SMILES string of the molecule is CCc1cc(C(=O)C(C)Br)ccc1I. The topological polar surface area (TPSA) is 17.1 Å². The van der Waals surface area contributed by atoms with E-state index in [-0.39, 0.29) is 10.6 Å². The van der Waals surface area contributed by atoms with Crippen LogP contribution < -0.4 is 0 Å². The summed E-state index contributed by atoms with van der Waals surface area (Å²) < 4.78 is 1.23. The molecule has 0 saturated carbocycles. The number of rotatable bonds is 3. The molecule has 0 fully saturated rings. The zero-order valence-corrected chi connectivity index (χ0v) is 11.9. The molecule has 14 heavy (non-hydrogen) atoms. The highest BCUT2D eigenvalue weighted by molar-refractivity contribution is 14.1. The minimum atomic E-state index is -0.104. The van der Waals surface area contributed by atoms with E-state index in [1.54, 1.807) is 0 Å². The third-order valence-electron chi connectivity index (χ3n) is 2.07. The third kappa shape index (κ3) is 2.79. The first kappa shape index (κ1) is 12.2. The van der Waals surface area contributed by atoms with Crippen LogP contribution >= 0.6 is 38.5 Å². The molecule has 0 spiro atoms. The van der Waals surface area contributed by atoms with Crippen LogP contribution in [0.2, 0.25) is 0 Å². The van der Waals surface area contributed by atoms with E-state index in [4.69, 9.17) is 0 Å². The number of benzene rings is 1. The lowest BCUT2D eigenvalue weighted by Crippen LogP contribution is -2.10. The summed E-state index contributed by atoms with van der Waals surface area (Å²) in [6.07, 6.45) is 0.968. The van der Waals surface area contributed by atoms with Crippen LogP contribution in [0, 0.1) is 3.57 Å². The van der Waals surface area contributed by atoms with Crippen LogP contribution in [0.5, 0.6) is 0 Å². The Bertz CT molecular complexity index is 347. The van der Waals surface area contributed by atoms with E-state index >= 15 is 0 Å². The van der Waals surface area contributed by atoms with Gasteiger partial charge in [0.2, 0.25) is 0 Å². The Morgan fingerprint density at radius 1 is 1.57 bits per heavy atom. The molecular formula is C11H12BrIO. The minimum absolute atomic E-state index is 0.104. The monoisotopic (exact) mass is 366 g/mol. The van der Waals surface area contributed by atoms with Gasteiger partial charge in [0.1, 0.15) is 0 Å². The van der Waals surface area contributed by atoms with Crippen molar-refractivity contribution < 1.29 is 4.79 Å². The van der Waals surface area contributed by atoms with Gasteiger partial charge in [-0.2, -0.15) is 0 Å². The van der Waals surface area contributed by atoms with Crippen LogP contribution in [-0.4, -0.2) is 10.6 Å². The second kappa shape index (κ2) is 5.26. The second-order valence-corrected chi connectivity index (χ2v) is 5.68. The van der Waals surface area contributed by atoms with Gasteiger partial charge in [-0.3, -0.25) is 4.79 Å². The van der Waals surface area contributed by atoms with Gasteiger partial charge in [-0.15, -0.1) is 0 Å². The smallest absolute Gasteiger partial charge is 0.176 e. The zero-order chi connectivity index (χ0) is 10.7. The van der Waals surface area contributed by atoms with E-state index in [0.29, 0.717) is 0 Å². The van der Waals surface area contributed by atoms with Crippen molar-refractivity contribution in [3.63, 3.8) is 0 Å². The van der Waals surface area contributed by atoms with Crippen LogP contribution in [0.1, 0.15) is 29.8 Å².